The quantitative estimate of drug-likeness (QED) is 0.435. The predicted molar refractivity (Wildman–Crippen MR) is 130 cm³/mol. The number of nitrogens with one attached hydrogen (secondary N) is 2. The maximum atomic E-state index is 13.0. The molecule has 1 atom stereocenters. The molecule has 34 heavy (non-hydrogen) atoms. The molecule has 1 heterocycles. The van der Waals surface area contributed by atoms with E-state index in [1.807, 2.05) is 36.4 Å². The number of aliphatic carboxylic acids is 1. The van der Waals surface area contributed by atoms with E-state index in [0.717, 1.165) is 22.3 Å². The van der Waals surface area contributed by atoms with Crippen LogP contribution >= 0.6 is 11.3 Å². The minimum atomic E-state index is -1.03. The molecule has 0 aliphatic heterocycles. The van der Waals surface area contributed by atoms with Crippen molar-refractivity contribution >= 4 is 29.3 Å². The van der Waals surface area contributed by atoms with Gasteiger partial charge in [0.05, 0.1) is 6.42 Å². The van der Waals surface area contributed by atoms with Crippen LogP contribution in [0.5, 0.6) is 0 Å². The van der Waals surface area contributed by atoms with E-state index in [1.54, 1.807) is 31.4 Å². The first kappa shape index (κ1) is 23.5. The molecule has 0 fully saturated rings. The van der Waals surface area contributed by atoms with Gasteiger partial charge in [0.25, 0.3) is 0 Å². The molecule has 4 rings (SSSR count). The van der Waals surface area contributed by atoms with Crippen LogP contribution in [-0.4, -0.2) is 35.2 Å². The summed E-state index contributed by atoms with van der Waals surface area (Å²) >= 11 is 1.32. The lowest BCUT2D eigenvalue weighted by Gasteiger charge is -2.27. The largest absolute Gasteiger partial charge is 0.481 e. The number of hydrogen-bond donors (Lipinski definition) is 3. The fourth-order valence-electron chi connectivity index (χ4n) is 4.31. The van der Waals surface area contributed by atoms with Crippen LogP contribution in [0.25, 0.3) is 11.1 Å². The topological polar surface area (TPSA) is 105 Å². The molecule has 0 saturated carbocycles. The van der Waals surface area contributed by atoms with Crippen LogP contribution in [-0.2, 0) is 14.3 Å². The average Bonchev–Trinajstić information content (AvgIpc) is 3.41. The first-order valence-electron chi connectivity index (χ1n) is 10.9. The Balaban J connectivity index is 1.46. The Labute approximate surface area is 201 Å². The fourth-order valence-corrected chi connectivity index (χ4v) is 5.08. The number of thiophene rings is 1. The van der Waals surface area contributed by atoms with Crippen molar-refractivity contribution in [2.45, 2.75) is 37.8 Å². The maximum Gasteiger partial charge on any atom is 0.408 e. The third-order valence-corrected chi connectivity index (χ3v) is 6.69. The van der Waals surface area contributed by atoms with Gasteiger partial charge in [-0.05, 0) is 47.5 Å². The Kier molecular flexibility index (Phi) is 6.70. The number of ether oxygens (including phenoxy) is 1. The number of hydrogen-bond acceptors (Lipinski definition) is 5. The van der Waals surface area contributed by atoms with E-state index in [9.17, 15) is 14.4 Å². The smallest absolute Gasteiger partial charge is 0.408 e. The summed E-state index contributed by atoms with van der Waals surface area (Å²) < 4.78 is 5.59. The zero-order valence-corrected chi connectivity index (χ0v) is 19.7. The molecule has 1 aromatic heterocycles. The maximum absolute atomic E-state index is 13.0. The van der Waals surface area contributed by atoms with Crippen molar-refractivity contribution in [2.24, 2.45) is 0 Å². The highest BCUT2D eigenvalue weighted by molar-refractivity contribution is 7.10. The second-order valence-electron chi connectivity index (χ2n) is 8.86. The molecular weight excluding hydrogens is 452 g/mol. The van der Waals surface area contributed by atoms with Gasteiger partial charge in [0, 0.05) is 16.3 Å². The van der Waals surface area contributed by atoms with Gasteiger partial charge < -0.3 is 20.5 Å². The highest BCUT2D eigenvalue weighted by atomic mass is 32.1. The number of fused-ring (bicyclic) bond motifs is 3. The van der Waals surface area contributed by atoms with Crippen LogP contribution in [0, 0.1) is 0 Å². The van der Waals surface area contributed by atoms with Gasteiger partial charge in [-0.2, -0.15) is 0 Å². The van der Waals surface area contributed by atoms with Crippen molar-refractivity contribution in [1.82, 2.24) is 10.6 Å². The number of carbonyl (C=O) groups is 3. The van der Waals surface area contributed by atoms with Crippen molar-refractivity contribution in [2.75, 3.05) is 6.61 Å². The Hall–Kier alpha value is -3.65. The average molecular weight is 479 g/mol. The van der Waals surface area contributed by atoms with Gasteiger partial charge in [0.2, 0.25) is 5.91 Å². The van der Waals surface area contributed by atoms with Crippen molar-refractivity contribution in [3.05, 3.63) is 82.0 Å². The number of rotatable bonds is 8. The summed E-state index contributed by atoms with van der Waals surface area (Å²) in [5, 5.41) is 16.3. The second kappa shape index (κ2) is 9.69. The standard InChI is InChI=1S/C26H26N2O5S/c1-26(2,14-22(29)30)28-24(31)23(21-12-7-13-34-21)27-25(32)33-15-20-18-10-5-3-8-16(18)17-9-4-6-11-19(17)20/h3-13,20,23H,14-15H2,1-2H3,(H,27,32)(H,28,31)(H,29,30). The van der Waals surface area contributed by atoms with Crippen LogP contribution in [0.4, 0.5) is 4.79 Å². The van der Waals surface area contributed by atoms with Crippen molar-refractivity contribution < 1.29 is 24.2 Å². The van der Waals surface area contributed by atoms with Gasteiger partial charge in [0.15, 0.2) is 0 Å². The monoisotopic (exact) mass is 478 g/mol. The Bertz CT molecular complexity index is 1160. The Morgan fingerprint density at radius 3 is 2.18 bits per heavy atom. The summed E-state index contributed by atoms with van der Waals surface area (Å²) in [5.74, 6) is -1.62. The summed E-state index contributed by atoms with van der Waals surface area (Å²) in [7, 11) is 0. The van der Waals surface area contributed by atoms with Crippen molar-refractivity contribution in [1.29, 1.82) is 0 Å². The molecule has 0 radical (unpaired) electrons. The molecule has 1 unspecified atom stereocenters. The predicted octanol–water partition coefficient (Wildman–Crippen LogP) is 4.70. The number of carboxylic acids is 1. The number of alkyl carbamates (subject to hydrolysis) is 1. The van der Waals surface area contributed by atoms with E-state index in [0.29, 0.717) is 4.88 Å². The van der Waals surface area contributed by atoms with Gasteiger partial charge >= 0.3 is 12.1 Å². The highest BCUT2D eigenvalue weighted by Crippen LogP contribution is 2.44. The van der Waals surface area contributed by atoms with Crippen LogP contribution in [0.1, 0.15) is 48.2 Å². The summed E-state index contributed by atoms with van der Waals surface area (Å²) in [6.45, 7) is 3.37. The van der Waals surface area contributed by atoms with E-state index in [-0.39, 0.29) is 18.9 Å². The van der Waals surface area contributed by atoms with Crippen LogP contribution in [0.15, 0.2) is 66.0 Å². The summed E-state index contributed by atoms with van der Waals surface area (Å²) in [5.41, 5.74) is 3.47. The molecule has 0 bridgehead atoms. The molecule has 2 amide bonds. The van der Waals surface area contributed by atoms with E-state index in [4.69, 9.17) is 9.84 Å². The molecule has 8 heteroatoms. The lowest BCUT2D eigenvalue weighted by molar-refractivity contribution is -0.138. The summed E-state index contributed by atoms with van der Waals surface area (Å²) in [6, 6.07) is 18.6. The number of carbonyl (C=O) groups excluding carboxylic acids is 2. The lowest BCUT2D eigenvalue weighted by atomic mass is 9.98. The zero-order valence-electron chi connectivity index (χ0n) is 18.9. The third-order valence-electron chi connectivity index (χ3n) is 5.75. The van der Waals surface area contributed by atoms with Gasteiger partial charge in [-0.3, -0.25) is 9.59 Å². The van der Waals surface area contributed by atoms with E-state index < -0.39 is 29.6 Å². The second-order valence-corrected chi connectivity index (χ2v) is 9.84. The molecule has 1 aliphatic rings. The minimum Gasteiger partial charge on any atom is -0.481 e. The van der Waals surface area contributed by atoms with Crippen LogP contribution < -0.4 is 10.6 Å². The minimum absolute atomic E-state index is 0.0957. The van der Waals surface area contributed by atoms with Crippen LogP contribution in [0.2, 0.25) is 0 Å². The lowest BCUT2D eigenvalue weighted by Crippen LogP contribution is -2.50. The summed E-state index contributed by atoms with van der Waals surface area (Å²) in [4.78, 5) is 37.5. The number of amides is 2. The fraction of sp³-hybridized carbons (Fsp3) is 0.269. The third kappa shape index (κ3) is 5.12. The van der Waals surface area contributed by atoms with Crippen LogP contribution in [0.3, 0.4) is 0 Å². The first-order chi connectivity index (χ1) is 16.2. The van der Waals surface area contributed by atoms with Gasteiger partial charge in [-0.15, -0.1) is 11.3 Å². The SMILES string of the molecule is CC(C)(CC(=O)O)NC(=O)C(NC(=O)OCC1c2ccccc2-c2ccccc21)c1cccs1. The highest BCUT2D eigenvalue weighted by Gasteiger charge is 2.32. The summed E-state index contributed by atoms with van der Waals surface area (Å²) in [6.07, 6.45) is -0.965. The van der Waals surface area contributed by atoms with E-state index >= 15 is 0 Å². The van der Waals surface area contributed by atoms with E-state index in [2.05, 4.69) is 22.8 Å². The first-order valence-corrected chi connectivity index (χ1v) is 11.8. The normalized spacial score (nSPS) is 13.5. The molecule has 176 valence electrons. The van der Waals surface area contributed by atoms with Gasteiger partial charge in [-0.25, -0.2) is 4.79 Å². The molecule has 3 N–H and O–H groups in total. The molecule has 2 aromatic carbocycles. The van der Waals surface area contributed by atoms with Gasteiger partial charge in [0.1, 0.15) is 12.6 Å². The Morgan fingerprint density at radius 1 is 1.00 bits per heavy atom. The van der Waals surface area contributed by atoms with E-state index in [1.165, 1.54) is 11.3 Å². The molecule has 1 aliphatic carbocycles. The zero-order chi connectivity index (χ0) is 24.3. The number of carboxylic acid groups (broad SMARTS) is 1. The Morgan fingerprint density at radius 2 is 1.62 bits per heavy atom. The van der Waals surface area contributed by atoms with Gasteiger partial charge in [-0.1, -0.05) is 54.6 Å². The molecule has 7 nitrogen and oxygen atoms in total. The molecular formula is C26H26N2O5S. The molecule has 0 saturated heterocycles. The van der Waals surface area contributed by atoms with Crippen molar-refractivity contribution in [3.63, 3.8) is 0 Å². The molecule has 3 aromatic rings. The molecule has 0 spiro atoms. The number of benzene rings is 2. The van der Waals surface area contributed by atoms with Crippen molar-refractivity contribution in [3.8, 4) is 11.1 Å².